The number of carbonyl (C=O) groups excluding carboxylic acids is 2. The number of halogens is 1. The molecule has 0 spiro atoms. The summed E-state index contributed by atoms with van der Waals surface area (Å²) in [5.41, 5.74) is 0.338. The molecule has 11 heteroatoms. The lowest BCUT2D eigenvalue weighted by Gasteiger charge is -2.12. The zero-order chi connectivity index (χ0) is 23.0. The molecule has 0 radical (unpaired) electrons. The molecule has 1 amide bonds. The predicted molar refractivity (Wildman–Crippen MR) is 117 cm³/mol. The third-order valence-corrected chi connectivity index (χ3v) is 5.38. The van der Waals surface area contributed by atoms with Crippen LogP contribution in [0.3, 0.4) is 0 Å². The standard InChI is InChI=1S/C20H22ClN3O6S/c1-4-29-19(25)12-30-17-8-6-5-7-16(17)23-20(26)14-9-10-15(21)18(11-14)31(27,28)22-13-24(2)3/h5-11,13H,4,12H2,1-3H3,(H,23,26)/b22-13+. The maximum Gasteiger partial charge on any atom is 0.344 e. The molecule has 0 bridgehead atoms. The van der Waals surface area contributed by atoms with Crippen molar-refractivity contribution in [2.24, 2.45) is 4.40 Å². The molecule has 0 aliphatic carbocycles. The van der Waals surface area contributed by atoms with Crippen LogP contribution in [0.2, 0.25) is 5.02 Å². The Morgan fingerprint density at radius 3 is 2.58 bits per heavy atom. The molecular formula is C20H22ClN3O6S. The van der Waals surface area contributed by atoms with Crippen LogP contribution in [0, 0.1) is 0 Å². The molecule has 0 saturated heterocycles. The average Bonchev–Trinajstić information content (AvgIpc) is 2.72. The molecular weight excluding hydrogens is 446 g/mol. The average molecular weight is 468 g/mol. The first-order chi connectivity index (χ1) is 14.6. The van der Waals surface area contributed by atoms with Crippen molar-refractivity contribution in [2.75, 3.05) is 32.6 Å². The Morgan fingerprint density at radius 2 is 1.90 bits per heavy atom. The fraction of sp³-hybridized carbons (Fsp3) is 0.250. The number of benzene rings is 2. The summed E-state index contributed by atoms with van der Waals surface area (Å²) in [4.78, 5) is 25.4. The first kappa shape index (κ1) is 24.2. The van der Waals surface area contributed by atoms with Crippen LogP contribution in [0.4, 0.5) is 5.69 Å². The third-order valence-electron chi connectivity index (χ3n) is 3.67. The van der Waals surface area contributed by atoms with Crippen molar-refractivity contribution in [1.82, 2.24) is 4.90 Å². The van der Waals surface area contributed by atoms with Crippen molar-refractivity contribution in [3.8, 4) is 5.75 Å². The number of esters is 1. The molecule has 0 aromatic heterocycles. The van der Waals surface area contributed by atoms with Gasteiger partial charge in [-0.1, -0.05) is 23.7 Å². The van der Waals surface area contributed by atoms with Crippen molar-refractivity contribution in [2.45, 2.75) is 11.8 Å². The second-order valence-corrected chi connectivity index (χ2v) is 8.36. The summed E-state index contributed by atoms with van der Waals surface area (Å²) in [5, 5.41) is 2.57. The number of nitrogens with one attached hydrogen (secondary N) is 1. The lowest BCUT2D eigenvalue weighted by molar-refractivity contribution is -0.145. The fourth-order valence-electron chi connectivity index (χ4n) is 2.28. The van der Waals surface area contributed by atoms with Crippen molar-refractivity contribution in [3.05, 3.63) is 53.1 Å². The summed E-state index contributed by atoms with van der Waals surface area (Å²) in [7, 11) is -0.873. The number of anilines is 1. The number of rotatable bonds is 9. The fourth-order valence-corrected chi connectivity index (χ4v) is 3.71. The van der Waals surface area contributed by atoms with Crippen LogP contribution in [-0.2, 0) is 19.6 Å². The van der Waals surface area contributed by atoms with Gasteiger partial charge in [0, 0.05) is 19.7 Å². The molecule has 0 heterocycles. The van der Waals surface area contributed by atoms with Gasteiger partial charge in [0.15, 0.2) is 6.61 Å². The van der Waals surface area contributed by atoms with Crippen LogP contribution >= 0.6 is 11.6 Å². The molecule has 0 atom stereocenters. The first-order valence-electron chi connectivity index (χ1n) is 9.09. The molecule has 31 heavy (non-hydrogen) atoms. The Morgan fingerprint density at radius 1 is 1.19 bits per heavy atom. The minimum absolute atomic E-state index is 0.0447. The highest BCUT2D eigenvalue weighted by atomic mass is 35.5. The van der Waals surface area contributed by atoms with Crippen LogP contribution < -0.4 is 10.1 Å². The van der Waals surface area contributed by atoms with Gasteiger partial charge in [-0.25, -0.2) is 4.79 Å². The van der Waals surface area contributed by atoms with Gasteiger partial charge in [0.05, 0.1) is 17.3 Å². The van der Waals surface area contributed by atoms with E-state index in [-0.39, 0.29) is 34.4 Å². The lowest BCUT2D eigenvalue weighted by Crippen LogP contribution is -2.17. The molecule has 2 rings (SSSR count). The van der Waals surface area contributed by atoms with Crippen molar-refractivity contribution >= 4 is 45.5 Å². The van der Waals surface area contributed by atoms with Gasteiger partial charge in [-0.05, 0) is 37.3 Å². The molecule has 0 aliphatic rings. The van der Waals surface area contributed by atoms with E-state index < -0.39 is 21.9 Å². The summed E-state index contributed by atoms with van der Waals surface area (Å²) in [5.74, 6) is -0.896. The first-order valence-corrected chi connectivity index (χ1v) is 10.9. The summed E-state index contributed by atoms with van der Waals surface area (Å²) in [6.07, 6.45) is 1.12. The molecule has 166 valence electrons. The molecule has 0 fully saturated rings. The highest BCUT2D eigenvalue weighted by molar-refractivity contribution is 7.90. The second-order valence-electron chi connectivity index (χ2n) is 6.35. The van der Waals surface area contributed by atoms with Crippen LogP contribution in [0.1, 0.15) is 17.3 Å². The molecule has 2 aromatic rings. The van der Waals surface area contributed by atoms with Crippen LogP contribution in [0.15, 0.2) is 51.8 Å². The number of nitrogens with zero attached hydrogens (tertiary/aromatic N) is 2. The quantitative estimate of drug-likeness (QED) is 0.342. The summed E-state index contributed by atoms with van der Waals surface area (Å²) < 4.78 is 38.6. The highest BCUT2D eigenvalue weighted by Gasteiger charge is 2.20. The number of hydrogen-bond acceptors (Lipinski definition) is 6. The highest BCUT2D eigenvalue weighted by Crippen LogP contribution is 2.27. The van der Waals surface area contributed by atoms with Gasteiger partial charge >= 0.3 is 5.97 Å². The van der Waals surface area contributed by atoms with Crippen LogP contribution in [0.5, 0.6) is 5.75 Å². The molecule has 9 nitrogen and oxygen atoms in total. The molecule has 2 aromatic carbocycles. The zero-order valence-corrected chi connectivity index (χ0v) is 18.7. The van der Waals surface area contributed by atoms with Crippen molar-refractivity contribution < 1.29 is 27.5 Å². The summed E-state index contributed by atoms with van der Waals surface area (Å²) in [6.45, 7) is 1.58. The SMILES string of the molecule is CCOC(=O)COc1ccccc1NC(=O)c1ccc(Cl)c(S(=O)(=O)/N=C/N(C)C)c1. The Kier molecular flexibility index (Phi) is 8.40. The number of carbonyl (C=O) groups is 2. The van der Waals surface area contributed by atoms with Gasteiger partial charge in [-0.15, -0.1) is 4.40 Å². The van der Waals surface area contributed by atoms with Crippen LogP contribution in [0.25, 0.3) is 0 Å². The maximum absolute atomic E-state index is 12.7. The smallest absolute Gasteiger partial charge is 0.344 e. The number of para-hydroxylation sites is 2. The van der Waals surface area contributed by atoms with E-state index in [4.69, 9.17) is 21.1 Å². The Hall–Kier alpha value is -3.11. The monoisotopic (exact) mass is 467 g/mol. The number of ether oxygens (including phenoxy) is 2. The van der Waals surface area contributed by atoms with Crippen molar-refractivity contribution in [3.63, 3.8) is 0 Å². The van der Waals surface area contributed by atoms with E-state index in [0.717, 1.165) is 12.4 Å². The predicted octanol–water partition coefficient (Wildman–Crippen LogP) is 2.81. The van der Waals surface area contributed by atoms with E-state index in [0.29, 0.717) is 5.69 Å². The Labute approximate surface area is 185 Å². The lowest BCUT2D eigenvalue weighted by atomic mass is 10.2. The van der Waals surface area contributed by atoms with E-state index in [9.17, 15) is 18.0 Å². The van der Waals surface area contributed by atoms with E-state index in [1.807, 2.05) is 0 Å². The summed E-state index contributed by atoms with van der Waals surface area (Å²) in [6, 6.07) is 10.3. The van der Waals surface area contributed by atoms with E-state index in [1.54, 1.807) is 45.3 Å². The summed E-state index contributed by atoms with van der Waals surface area (Å²) >= 11 is 6.02. The Bertz CT molecular complexity index is 1090. The Balaban J connectivity index is 2.25. The third kappa shape index (κ3) is 6.97. The van der Waals surface area contributed by atoms with Gasteiger partial charge in [0.25, 0.3) is 15.9 Å². The molecule has 0 unspecified atom stereocenters. The van der Waals surface area contributed by atoms with E-state index >= 15 is 0 Å². The number of sulfonamides is 1. The zero-order valence-electron chi connectivity index (χ0n) is 17.2. The van der Waals surface area contributed by atoms with E-state index in [2.05, 4.69) is 9.71 Å². The van der Waals surface area contributed by atoms with Gasteiger partial charge in [-0.2, -0.15) is 8.42 Å². The molecule has 0 aliphatic heterocycles. The maximum atomic E-state index is 12.7. The minimum Gasteiger partial charge on any atom is -0.480 e. The van der Waals surface area contributed by atoms with Gasteiger partial charge in [0.1, 0.15) is 17.0 Å². The largest absolute Gasteiger partial charge is 0.480 e. The molecule has 1 N–H and O–H groups in total. The van der Waals surface area contributed by atoms with Gasteiger partial charge < -0.3 is 19.7 Å². The second kappa shape index (κ2) is 10.8. The van der Waals surface area contributed by atoms with Crippen LogP contribution in [-0.4, -0.2) is 58.8 Å². The van der Waals surface area contributed by atoms with E-state index in [1.165, 1.54) is 17.0 Å². The number of amides is 1. The van der Waals surface area contributed by atoms with Gasteiger partial charge in [0.2, 0.25) is 0 Å². The van der Waals surface area contributed by atoms with Gasteiger partial charge in [-0.3, -0.25) is 4.79 Å². The topological polar surface area (TPSA) is 114 Å². The normalized spacial score (nSPS) is 11.2. The minimum atomic E-state index is -4.11. The molecule has 0 saturated carbocycles. The number of hydrogen-bond donors (Lipinski definition) is 1. The van der Waals surface area contributed by atoms with Crippen molar-refractivity contribution in [1.29, 1.82) is 0 Å².